The van der Waals surface area contributed by atoms with Gasteiger partial charge in [-0.3, -0.25) is 4.79 Å². The molecule has 0 aliphatic carbocycles. The van der Waals surface area contributed by atoms with E-state index in [9.17, 15) is 4.79 Å². The van der Waals surface area contributed by atoms with E-state index in [1.807, 2.05) is 19.9 Å². The summed E-state index contributed by atoms with van der Waals surface area (Å²) in [5.74, 6) is 0.749. The molecule has 1 heterocycles. The standard InChI is InChI=1S/C12H14ClNOS/c1-12(2,14)9-6-16-10-5-7(13)3-4-8(10)11(9)15/h3-5,9H,6,14H2,1-2H3. The smallest absolute Gasteiger partial charge is 0.169 e. The zero-order chi connectivity index (χ0) is 11.9. The summed E-state index contributed by atoms with van der Waals surface area (Å²) in [5, 5.41) is 0.671. The highest BCUT2D eigenvalue weighted by Gasteiger charge is 2.36. The second kappa shape index (κ2) is 4.06. The Morgan fingerprint density at radius 1 is 1.50 bits per heavy atom. The van der Waals surface area contributed by atoms with Crippen LogP contribution < -0.4 is 5.73 Å². The minimum absolute atomic E-state index is 0.119. The molecular weight excluding hydrogens is 242 g/mol. The Hall–Kier alpha value is -0.510. The summed E-state index contributed by atoms with van der Waals surface area (Å²) in [6.45, 7) is 3.80. The first kappa shape index (κ1) is 12.0. The molecule has 0 saturated heterocycles. The Morgan fingerprint density at radius 2 is 2.19 bits per heavy atom. The van der Waals surface area contributed by atoms with E-state index < -0.39 is 5.54 Å². The van der Waals surface area contributed by atoms with Crippen LogP contribution in [-0.2, 0) is 0 Å². The SMILES string of the molecule is CC(C)(N)C1CSc2cc(Cl)ccc2C1=O. The van der Waals surface area contributed by atoms with E-state index in [0.717, 1.165) is 16.2 Å². The lowest BCUT2D eigenvalue weighted by molar-refractivity contribution is 0.0881. The van der Waals surface area contributed by atoms with Crippen molar-refractivity contribution in [2.24, 2.45) is 11.7 Å². The van der Waals surface area contributed by atoms with Crippen molar-refractivity contribution in [3.05, 3.63) is 28.8 Å². The monoisotopic (exact) mass is 255 g/mol. The molecule has 2 N–H and O–H groups in total. The van der Waals surface area contributed by atoms with Gasteiger partial charge in [-0.05, 0) is 32.0 Å². The lowest BCUT2D eigenvalue weighted by Gasteiger charge is -2.32. The third-order valence-electron chi connectivity index (χ3n) is 2.83. The van der Waals surface area contributed by atoms with Gasteiger partial charge in [-0.15, -0.1) is 11.8 Å². The molecule has 1 atom stereocenters. The average Bonchev–Trinajstić information content (AvgIpc) is 2.15. The average molecular weight is 256 g/mol. The molecule has 0 spiro atoms. The fourth-order valence-electron chi connectivity index (χ4n) is 1.81. The predicted molar refractivity (Wildman–Crippen MR) is 68.3 cm³/mol. The summed E-state index contributed by atoms with van der Waals surface area (Å²) < 4.78 is 0. The Kier molecular flexibility index (Phi) is 3.03. The summed E-state index contributed by atoms with van der Waals surface area (Å²) >= 11 is 7.56. The van der Waals surface area contributed by atoms with Crippen molar-refractivity contribution in [3.8, 4) is 0 Å². The van der Waals surface area contributed by atoms with Crippen molar-refractivity contribution in [3.63, 3.8) is 0 Å². The highest BCUT2D eigenvalue weighted by Crippen LogP contribution is 2.37. The van der Waals surface area contributed by atoms with Gasteiger partial charge in [-0.2, -0.15) is 0 Å². The number of carbonyl (C=O) groups is 1. The fourth-order valence-corrected chi connectivity index (χ4v) is 3.51. The lowest BCUT2D eigenvalue weighted by Crippen LogP contribution is -2.47. The summed E-state index contributed by atoms with van der Waals surface area (Å²) in [6.07, 6.45) is 0. The maximum Gasteiger partial charge on any atom is 0.169 e. The van der Waals surface area contributed by atoms with Gasteiger partial charge >= 0.3 is 0 Å². The number of hydrogen-bond acceptors (Lipinski definition) is 3. The van der Waals surface area contributed by atoms with Gasteiger partial charge in [-0.1, -0.05) is 11.6 Å². The molecule has 2 nitrogen and oxygen atoms in total. The van der Waals surface area contributed by atoms with Gasteiger partial charge in [0.1, 0.15) is 0 Å². The summed E-state index contributed by atoms with van der Waals surface area (Å²) in [6, 6.07) is 5.40. The van der Waals surface area contributed by atoms with Crippen LogP contribution in [0.25, 0.3) is 0 Å². The third kappa shape index (κ3) is 2.12. The van der Waals surface area contributed by atoms with Crippen LogP contribution in [0.3, 0.4) is 0 Å². The number of halogens is 1. The second-order valence-electron chi connectivity index (χ2n) is 4.69. The molecule has 1 aliphatic heterocycles. The number of rotatable bonds is 1. The molecule has 0 amide bonds. The molecule has 1 aliphatic rings. The van der Waals surface area contributed by atoms with Crippen molar-refractivity contribution in [2.75, 3.05) is 5.75 Å². The largest absolute Gasteiger partial charge is 0.325 e. The molecule has 16 heavy (non-hydrogen) atoms. The first-order chi connectivity index (χ1) is 7.39. The highest BCUT2D eigenvalue weighted by molar-refractivity contribution is 7.99. The van der Waals surface area contributed by atoms with Crippen molar-refractivity contribution in [2.45, 2.75) is 24.3 Å². The summed E-state index contributed by atoms with van der Waals surface area (Å²) in [5.41, 5.74) is 6.31. The Balaban J connectivity index is 2.40. The highest BCUT2D eigenvalue weighted by atomic mass is 35.5. The molecule has 4 heteroatoms. The molecule has 0 bridgehead atoms. The molecule has 2 rings (SSSR count). The van der Waals surface area contributed by atoms with Crippen LogP contribution in [0.2, 0.25) is 5.02 Å². The Morgan fingerprint density at radius 3 is 2.81 bits per heavy atom. The number of benzene rings is 1. The molecule has 1 aromatic rings. The van der Waals surface area contributed by atoms with Gasteiger partial charge in [0, 0.05) is 32.7 Å². The van der Waals surface area contributed by atoms with E-state index in [1.165, 1.54) is 0 Å². The van der Waals surface area contributed by atoms with E-state index in [2.05, 4.69) is 0 Å². The zero-order valence-electron chi connectivity index (χ0n) is 9.29. The number of carbonyl (C=O) groups excluding carboxylic acids is 1. The predicted octanol–water partition coefficient (Wildman–Crippen LogP) is 2.98. The number of thioether (sulfide) groups is 1. The van der Waals surface area contributed by atoms with Crippen LogP contribution >= 0.6 is 23.4 Å². The molecular formula is C12H14ClNOS. The number of fused-ring (bicyclic) bond motifs is 1. The minimum atomic E-state index is -0.471. The number of nitrogens with two attached hydrogens (primary N) is 1. The number of Topliss-reactive ketones (excluding diaryl/α,β-unsaturated/α-hetero) is 1. The quantitative estimate of drug-likeness (QED) is 0.839. The van der Waals surface area contributed by atoms with Crippen LogP contribution in [0.1, 0.15) is 24.2 Å². The van der Waals surface area contributed by atoms with Gasteiger partial charge < -0.3 is 5.73 Å². The van der Waals surface area contributed by atoms with Crippen molar-refractivity contribution in [1.29, 1.82) is 0 Å². The Labute approximate surface area is 105 Å². The topological polar surface area (TPSA) is 43.1 Å². The molecule has 1 aromatic carbocycles. The second-order valence-corrected chi connectivity index (χ2v) is 6.19. The van der Waals surface area contributed by atoms with Crippen molar-refractivity contribution in [1.82, 2.24) is 0 Å². The van der Waals surface area contributed by atoms with Crippen LogP contribution in [-0.4, -0.2) is 17.1 Å². The molecule has 0 aromatic heterocycles. The van der Waals surface area contributed by atoms with Crippen molar-refractivity contribution < 1.29 is 4.79 Å². The molecule has 0 radical (unpaired) electrons. The minimum Gasteiger partial charge on any atom is -0.325 e. The lowest BCUT2D eigenvalue weighted by atomic mass is 9.83. The normalized spacial score (nSPS) is 20.8. The van der Waals surface area contributed by atoms with E-state index in [0.29, 0.717) is 5.02 Å². The van der Waals surface area contributed by atoms with Crippen LogP contribution in [0.4, 0.5) is 0 Å². The molecule has 0 fully saturated rings. The van der Waals surface area contributed by atoms with Gasteiger partial charge in [0.05, 0.1) is 0 Å². The van der Waals surface area contributed by atoms with E-state index in [4.69, 9.17) is 17.3 Å². The summed E-state index contributed by atoms with van der Waals surface area (Å²) in [7, 11) is 0. The van der Waals surface area contributed by atoms with Gasteiger partial charge in [-0.25, -0.2) is 0 Å². The van der Waals surface area contributed by atoms with Crippen molar-refractivity contribution >= 4 is 29.1 Å². The van der Waals surface area contributed by atoms with E-state index in [1.54, 1.807) is 23.9 Å². The number of hydrogen-bond donors (Lipinski definition) is 1. The van der Waals surface area contributed by atoms with Crippen LogP contribution in [0.15, 0.2) is 23.1 Å². The third-order valence-corrected chi connectivity index (χ3v) is 4.21. The number of ketones is 1. The van der Waals surface area contributed by atoms with Gasteiger partial charge in [0.2, 0.25) is 0 Å². The maximum atomic E-state index is 12.2. The molecule has 86 valence electrons. The molecule has 0 saturated carbocycles. The zero-order valence-corrected chi connectivity index (χ0v) is 10.9. The van der Waals surface area contributed by atoms with Gasteiger partial charge in [0.25, 0.3) is 0 Å². The van der Waals surface area contributed by atoms with E-state index in [-0.39, 0.29) is 11.7 Å². The van der Waals surface area contributed by atoms with Gasteiger partial charge in [0.15, 0.2) is 5.78 Å². The van der Waals surface area contributed by atoms with E-state index >= 15 is 0 Å². The Bertz CT molecular complexity index is 439. The fraction of sp³-hybridized carbons (Fsp3) is 0.417. The first-order valence-corrected chi connectivity index (χ1v) is 6.51. The van der Waals surface area contributed by atoms with Crippen LogP contribution in [0.5, 0.6) is 0 Å². The maximum absolute atomic E-state index is 12.2. The summed E-state index contributed by atoms with van der Waals surface area (Å²) in [4.78, 5) is 13.2. The first-order valence-electron chi connectivity index (χ1n) is 5.15. The van der Waals surface area contributed by atoms with Crippen LogP contribution in [0, 0.1) is 5.92 Å². The molecule has 1 unspecified atom stereocenters.